The van der Waals surface area contributed by atoms with Crippen LogP contribution in [0, 0.1) is 0 Å². The van der Waals surface area contributed by atoms with Crippen LogP contribution in [0.25, 0.3) is 98.4 Å². The molecule has 13 rings (SSSR count). The zero-order chi connectivity index (χ0) is 35.8. The van der Waals surface area contributed by atoms with Crippen LogP contribution in [0.4, 0.5) is 0 Å². The van der Waals surface area contributed by atoms with Crippen LogP contribution in [0.5, 0.6) is 0 Å². The van der Waals surface area contributed by atoms with Crippen LogP contribution in [-0.2, 0) is 5.41 Å². The Hall–Kier alpha value is -7.02. The third-order valence-corrected chi connectivity index (χ3v) is 13.0. The molecule has 0 bridgehead atoms. The molecule has 11 aromatic rings. The number of fused-ring (bicyclic) bond motifs is 13. The molecule has 0 saturated carbocycles. The van der Waals surface area contributed by atoms with Crippen molar-refractivity contribution < 1.29 is 0 Å². The molecule has 0 atom stereocenters. The number of hydrogen-bond acceptors (Lipinski definition) is 0. The smallest absolute Gasteiger partial charge is 0.0619 e. The van der Waals surface area contributed by atoms with E-state index in [1.165, 1.54) is 121 Å². The zero-order valence-electron chi connectivity index (χ0n) is 30.0. The lowest BCUT2D eigenvalue weighted by Crippen LogP contribution is -2.25. The van der Waals surface area contributed by atoms with Crippen molar-refractivity contribution in [1.29, 1.82) is 0 Å². The predicted octanol–water partition coefficient (Wildman–Crippen LogP) is 14.6. The normalized spacial score (nSPS) is 13.6. The van der Waals surface area contributed by atoms with Crippen LogP contribution in [0.1, 0.15) is 22.3 Å². The van der Waals surface area contributed by atoms with Crippen LogP contribution in [0.2, 0.25) is 0 Å². The summed E-state index contributed by atoms with van der Waals surface area (Å²) < 4.78 is 0. The summed E-state index contributed by atoms with van der Waals surface area (Å²) in [6, 6.07) is 73.4. The molecule has 2 aliphatic carbocycles. The fourth-order valence-corrected chi connectivity index (χ4v) is 10.8. The first-order valence-corrected chi connectivity index (χ1v) is 19.3. The minimum Gasteiger partial charge on any atom is -0.0619 e. The van der Waals surface area contributed by atoms with E-state index >= 15 is 0 Å². The van der Waals surface area contributed by atoms with Crippen molar-refractivity contribution in [2.75, 3.05) is 0 Å². The molecule has 0 amide bonds. The summed E-state index contributed by atoms with van der Waals surface area (Å²) in [5.41, 5.74) is 15.4. The second kappa shape index (κ2) is 10.6. The molecule has 0 nitrogen and oxygen atoms in total. The van der Waals surface area contributed by atoms with Crippen molar-refractivity contribution in [3.05, 3.63) is 216 Å². The van der Waals surface area contributed by atoms with Crippen molar-refractivity contribution in [3.8, 4) is 44.5 Å². The van der Waals surface area contributed by atoms with Crippen LogP contribution >= 0.6 is 0 Å². The van der Waals surface area contributed by atoms with Crippen molar-refractivity contribution >= 4 is 53.9 Å². The molecule has 0 heterocycles. The van der Waals surface area contributed by atoms with Gasteiger partial charge >= 0.3 is 0 Å². The Morgan fingerprint density at radius 2 is 0.782 bits per heavy atom. The molecule has 252 valence electrons. The van der Waals surface area contributed by atoms with Gasteiger partial charge in [0.25, 0.3) is 0 Å². The summed E-state index contributed by atoms with van der Waals surface area (Å²) in [6.45, 7) is 0. The summed E-state index contributed by atoms with van der Waals surface area (Å²) in [6.07, 6.45) is 0. The average molecular weight is 693 g/mol. The number of hydrogen-bond donors (Lipinski definition) is 0. The predicted molar refractivity (Wildman–Crippen MR) is 232 cm³/mol. The molecule has 0 saturated heterocycles. The van der Waals surface area contributed by atoms with Gasteiger partial charge in [-0.1, -0.05) is 182 Å². The fourth-order valence-electron chi connectivity index (χ4n) is 10.8. The molecule has 0 fully saturated rings. The van der Waals surface area contributed by atoms with E-state index in [9.17, 15) is 0 Å². The SMILES string of the molecule is c1ccc2c(c1)-c1ccccc1C21c2ccc(-c3ccc4ccc5cccc6ccc3c4c56)cc2-c2c1ccc1c(-c3ccc4ccccc4c3)cccc21. The van der Waals surface area contributed by atoms with Crippen molar-refractivity contribution in [3.63, 3.8) is 0 Å². The zero-order valence-corrected chi connectivity index (χ0v) is 30.0. The Morgan fingerprint density at radius 1 is 0.255 bits per heavy atom. The number of rotatable bonds is 2. The van der Waals surface area contributed by atoms with Crippen molar-refractivity contribution in [2.24, 2.45) is 0 Å². The monoisotopic (exact) mass is 692 g/mol. The standard InChI is InChI=1S/C55H32/c1-2-10-37-31-38(22-19-33(37)9-1)40-15-8-16-45-42(40)28-30-51-54(45)47-32-39(41-26-23-36-21-20-34-11-7-12-35-24-27-46(41)53(36)52(34)35)25-29-50(47)55(51)48-17-5-3-13-43(48)44-14-4-6-18-49(44)55/h1-32H. The molecule has 0 heteroatoms. The van der Waals surface area contributed by atoms with E-state index in [1.807, 2.05) is 0 Å². The first kappa shape index (κ1) is 29.4. The summed E-state index contributed by atoms with van der Waals surface area (Å²) in [4.78, 5) is 0. The molecule has 11 aromatic carbocycles. The highest BCUT2D eigenvalue weighted by atomic mass is 14.5. The molecule has 0 unspecified atom stereocenters. The third-order valence-electron chi connectivity index (χ3n) is 13.0. The van der Waals surface area contributed by atoms with Gasteiger partial charge < -0.3 is 0 Å². The van der Waals surface area contributed by atoms with Crippen LogP contribution < -0.4 is 0 Å². The average Bonchev–Trinajstić information content (AvgIpc) is 3.72. The Bertz CT molecular complexity index is 3370. The van der Waals surface area contributed by atoms with E-state index in [4.69, 9.17) is 0 Å². The van der Waals surface area contributed by atoms with E-state index in [0.717, 1.165) is 0 Å². The number of benzene rings is 11. The highest BCUT2D eigenvalue weighted by molar-refractivity contribution is 6.25. The van der Waals surface area contributed by atoms with Gasteiger partial charge in [-0.05, 0) is 133 Å². The molecule has 0 aromatic heterocycles. The van der Waals surface area contributed by atoms with Gasteiger partial charge in [-0.25, -0.2) is 0 Å². The maximum atomic E-state index is 2.51. The van der Waals surface area contributed by atoms with E-state index in [1.54, 1.807) is 0 Å². The molecule has 0 aliphatic heterocycles. The summed E-state index contributed by atoms with van der Waals surface area (Å²) in [5.74, 6) is 0. The van der Waals surface area contributed by atoms with Gasteiger partial charge in [-0.2, -0.15) is 0 Å². The third kappa shape index (κ3) is 3.71. The Morgan fingerprint density at radius 3 is 1.60 bits per heavy atom. The minimum atomic E-state index is -0.411. The molecule has 0 N–H and O–H groups in total. The van der Waals surface area contributed by atoms with Crippen molar-refractivity contribution in [1.82, 2.24) is 0 Å². The summed E-state index contributed by atoms with van der Waals surface area (Å²) in [7, 11) is 0. The van der Waals surface area contributed by atoms with Gasteiger partial charge in [0.05, 0.1) is 5.41 Å². The van der Waals surface area contributed by atoms with E-state index < -0.39 is 5.41 Å². The lowest BCUT2D eigenvalue weighted by molar-refractivity contribution is 0.794. The molecular formula is C55H32. The maximum Gasteiger partial charge on any atom is 0.0725 e. The second-order valence-electron chi connectivity index (χ2n) is 15.5. The Kier molecular flexibility index (Phi) is 5.65. The molecule has 1 spiro atoms. The Balaban J connectivity index is 1.13. The molecule has 55 heavy (non-hydrogen) atoms. The van der Waals surface area contributed by atoms with Gasteiger partial charge in [-0.3, -0.25) is 0 Å². The minimum absolute atomic E-state index is 0.411. The highest BCUT2D eigenvalue weighted by Crippen LogP contribution is 2.64. The van der Waals surface area contributed by atoms with Gasteiger partial charge in [0.15, 0.2) is 0 Å². The second-order valence-corrected chi connectivity index (χ2v) is 15.5. The van der Waals surface area contributed by atoms with Gasteiger partial charge in [0.1, 0.15) is 0 Å². The quantitative estimate of drug-likeness (QED) is 0.158. The van der Waals surface area contributed by atoms with Gasteiger partial charge in [0, 0.05) is 0 Å². The van der Waals surface area contributed by atoms with E-state index in [-0.39, 0.29) is 0 Å². The molecular weight excluding hydrogens is 661 g/mol. The summed E-state index contributed by atoms with van der Waals surface area (Å²) >= 11 is 0. The highest BCUT2D eigenvalue weighted by Gasteiger charge is 2.52. The molecule has 2 aliphatic rings. The molecule has 0 radical (unpaired) electrons. The topological polar surface area (TPSA) is 0 Å². The lowest BCUT2D eigenvalue weighted by atomic mass is 9.70. The maximum absolute atomic E-state index is 2.51. The lowest BCUT2D eigenvalue weighted by Gasteiger charge is -2.30. The Labute approximate surface area is 318 Å². The fraction of sp³-hybridized carbons (Fsp3) is 0.0182. The largest absolute Gasteiger partial charge is 0.0725 e. The van der Waals surface area contributed by atoms with Gasteiger partial charge in [-0.15, -0.1) is 0 Å². The van der Waals surface area contributed by atoms with Crippen molar-refractivity contribution in [2.45, 2.75) is 5.41 Å². The van der Waals surface area contributed by atoms with Crippen LogP contribution in [0.15, 0.2) is 194 Å². The first-order valence-electron chi connectivity index (χ1n) is 19.3. The first-order chi connectivity index (χ1) is 27.3. The van der Waals surface area contributed by atoms with E-state index in [2.05, 4.69) is 194 Å². The van der Waals surface area contributed by atoms with E-state index in [0.29, 0.717) is 0 Å². The van der Waals surface area contributed by atoms with Gasteiger partial charge in [0.2, 0.25) is 0 Å². The summed E-state index contributed by atoms with van der Waals surface area (Å²) in [5, 5.41) is 13.0. The van der Waals surface area contributed by atoms with Crippen LogP contribution in [-0.4, -0.2) is 0 Å². The van der Waals surface area contributed by atoms with Crippen LogP contribution in [0.3, 0.4) is 0 Å².